The Morgan fingerprint density at radius 3 is 2.42 bits per heavy atom. The summed E-state index contributed by atoms with van der Waals surface area (Å²) in [6.45, 7) is 1.73. The fraction of sp³-hybridized carbons (Fsp3) is 0.333. The van der Waals surface area contributed by atoms with Crippen LogP contribution in [0.2, 0.25) is 5.02 Å². The number of anilines is 1. The minimum absolute atomic E-state index is 0.00921. The zero-order valence-corrected chi connectivity index (χ0v) is 13.9. The molecule has 126 valence electrons. The van der Waals surface area contributed by atoms with Gasteiger partial charge in [-0.3, -0.25) is 10.1 Å². The largest absolute Gasteiger partial charge is 0.370 e. The van der Waals surface area contributed by atoms with Gasteiger partial charge in [-0.1, -0.05) is 23.7 Å². The molecule has 1 heterocycles. The molecular weight excluding hydrogens is 331 g/mol. The Morgan fingerprint density at radius 1 is 1.17 bits per heavy atom. The fourth-order valence-corrected chi connectivity index (χ4v) is 3.49. The SMILES string of the molecule is O=[N+]([O-])c1ccc(N2CCC(Cc3ccc(F)cc3)CC2)c(Cl)c1. The van der Waals surface area contributed by atoms with Crippen LogP contribution in [0.1, 0.15) is 18.4 Å². The summed E-state index contributed by atoms with van der Waals surface area (Å²) < 4.78 is 13.0. The van der Waals surface area contributed by atoms with Crippen molar-refractivity contribution in [3.63, 3.8) is 0 Å². The molecule has 1 saturated heterocycles. The standard InChI is InChI=1S/C18H18ClFN2O2/c19-17-12-16(22(23)24)5-6-18(17)21-9-7-14(8-10-21)11-13-1-3-15(20)4-2-13/h1-6,12,14H,7-11H2. The second kappa shape index (κ2) is 7.18. The third-order valence-electron chi connectivity index (χ3n) is 4.53. The molecule has 0 amide bonds. The zero-order valence-electron chi connectivity index (χ0n) is 13.1. The lowest BCUT2D eigenvalue weighted by atomic mass is 9.90. The number of rotatable bonds is 4. The molecule has 1 fully saturated rings. The molecule has 0 saturated carbocycles. The lowest BCUT2D eigenvalue weighted by Gasteiger charge is -2.34. The first-order valence-corrected chi connectivity index (χ1v) is 8.34. The van der Waals surface area contributed by atoms with Gasteiger partial charge in [0.1, 0.15) is 5.82 Å². The van der Waals surface area contributed by atoms with Crippen molar-refractivity contribution in [2.75, 3.05) is 18.0 Å². The average Bonchev–Trinajstić information content (AvgIpc) is 2.58. The van der Waals surface area contributed by atoms with Crippen molar-refractivity contribution in [1.29, 1.82) is 0 Å². The zero-order chi connectivity index (χ0) is 17.1. The van der Waals surface area contributed by atoms with E-state index in [9.17, 15) is 14.5 Å². The summed E-state index contributed by atoms with van der Waals surface area (Å²) >= 11 is 6.21. The van der Waals surface area contributed by atoms with E-state index < -0.39 is 4.92 Å². The van der Waals surface area contributed by atoms with Gasteiger partial charge in [0.25, 0.3) is 5.69 Å². The first-order chi connectivity index (χ1) is 11.5. The van der Waals surface area contributed by atoms with Crippen LogP contribution in [0.25, 0.3) is 0 Å². The first kappa shape index (κ1) is 16.7. The van der Waals surface area contributed by atoms with E-state index in [0.717, 1.165) is 43.6 Å². The van der Waals surface area contributed by atoms with Gasteiger partial charge in [0.2, 0.25) is 0 Å². The highest BCUT2D eigenvalue weighted by atomic mass is 35.5. The lowest BCUT2D eigenvalue weighted by molar-refractivity contribution is -0.384. The number of piperidine rings is 1. The summed E-state index contributed by atoms with van der Waals surface area (Å²) in [5.41, 5.74) is 2.01. The molecule has 0 radical (unpaired) electrons. The van der Waals surface area contributed by atoms with E-state index >= 15 is 0 Å². The second-order valence-electron chi connectivity index (χ2n) is 6.15. The van der Waals surface area contributed by atoms with Gasteiger partial charge in [-0.05, 0) is 48.9 Å². The summed E-state index contributed by atoms with van der Waals surface area (Å²) in [6.07, 6.45) is 2.98. The van der Waals surface area contributed by atoms with Crippen LogP contribution in [-0.2, 0) is 6.42 Å². The van der Waals surface area contributed by atoms with E-state index in [1.54, 1.807) is 6.07 Å². The maximum Gasteiger partial charge on any atom is 0.271 e. The van der Waals surface area contributed by atoms with Gasteiger partial charge in [0, 0.05) is 25.2 Å². The van der Waals surface area contributed by atoms with Gasteiger partial charge < -0.3 is 4.90 Å². The predicted molar refractivity (Wildman–Crippen MR) is 93.1 cm³/mol. The molecular formula is C18H18ClFN2O2. The molecule has 6 heteroatoms. The van der Waals surface area contributed by atoms with E-state index in [1.165, 1.54) is 24.3 Å². The molecule has 0 bridgehead atoms. The second-order valence-corrected chi connectivity index (χ2v) is 6.56. The van der Waals surface area contributed by atoms with Gasteiger partial charge in [-0.2, -0.15) is 0 Å². The Balaban J connectivity index is 1.60. The Bertz CT molecular complexity index is 728. The van der Waals surface area contributed by atoms with E-state index in [2.05, 4.69) is 4.90 Å². The van der Waals surface area contributed by atoms with Gasteiger partial charge >= 0.3 is 0 Å². The van der Waals surface area contributed by atoms with E-state index in [1.807, 2.05) is 12.1 Å². The number of non-ortho nitro benzene ring substituents is 1. The van der Waals surface area contributed by atoms with Crippen LogP contribution in [0.5, 0.6) is 0 Å². The Morgan fingerprint density at radius 2 is 1.83 bits per heavy atom. The van der Waals surface area contributed by atoms with Gasteiger partial charge in [0.15, 0.2) is 0 Å². The maximum atomic E-state index is 13.0. The molecule has 0 N–H and O–H groups in total. The maximum absolute atomic E-state index is 13.0. The Labute approximate surface area is 145 Å². The van der Waals surface area contributed by atoms with Crippen LogP contribution < -0.4 is 4.90 Å². The van der Waals surface area contributed by atoms with E-state index in [-0.39, 0.29) is 11.5 Å². The number of hydrogen-bond acceptors (Lipinski definition) is 3. The van der Waals surface area contributed by atoms with Crippen molar-refractivity contribution < 1.29 is 9.31 Å². The van der Waals surface area contributed by atoms with Gasteiger partial charge in [-0.25, -0.2) is 4.39 Å². The van der Waals surface area contributed by atoms with Crippen molar-refractivity contribution in [3.8, 4) is 0 Å². The molecule has 4 nitrogen and oxygen atoms in total. The average molecular weight is 349 g/mol. The third kappa shape index (κ3) is 3.85. The van der Waals surface area contributed by atoms with Crippen molar-refractivity contribution in [3.05, 3.63) is 69.0 Å². The molecule has 0 spiro atoms. The molecule has 1 aliphatic rings. The molecule has 0 aromatic heterocycles. The Hall–Kier alpha value is -2.14. The molecule has 2 aromatic carbocycles. The molecule has 3 rings (SSSR count). The monoisotopic (exact) mass is 348 g/mol. The Kier molecular flexibility index (Phi) is 5.00. The first-order valence-electron chi connectivity index (χ1n) is 7.96. The predicted octanol–water partition coefficient (Wildman–Crippen LogP) is 4.85. The minimum Gasteiger partial charge on any atom is -0.370 e. The van der Waals surface area contributed by atoms with Gasteiger partial charge in [-0.15, -0.1) is 0 Å². The number of hydrogen-bond donors (Lipinski definition) is 0. The van der Waals surface area contributed by atoms with Crippen molar-refractivity contribution in [2.45, 2.75) is 19.3 Å². The van der Waals surface area contributed by atoms with Crippen molar-refractivity contribution in [1.82, 2.24) is 0 Å². The number of benzene rings is 2. The molecule has 24 heavy (non-hydrogen) atoms. The smallest absolute Gasteiger partial charge is 0.271 e. The fourth-order valence-electron chi connectivity index (χ4n) is 3.20. The van der Waals surface area contributed by atoms with Crippen molar-refractivity contribution >= 4 is 23.0 Å². The topological polar surface area (TPSA) is 46.4 Å². The highest BCUT2D eigenvalue weighted by Gasteiger charge is 2.22. The van der Waals surface area contributed by atoms with Crippen molar-refractivity contribution in [2.24, 2.45) is 5.92 Å². The molecule has 0 aliphatic carbocycles. The molecule has 0 unspecified atom stereocenters. The molecule has 2 aromatic rings. The summed E-state index contributed by atoms with van der Waals surface area (Å²) in [7, 11) is 0. The van der Waals surface area contributed by atoms with Crippen LogP contribution in [-0.4, -0.2) is 18.0 Å². The van der Waals surface area contributed by atoms with E-state index in [0.29, 0.717) is 10.9 Å². The highest BCUT2D eigenvalue weighted by Crippen LogP contribution is 2.33. The highest BCUT2D eigenvalue weighted by molar-refractivity contribution is 6.33. The lowest BCUT2D eigenvalue weighted by Crippen LogP contribution is -2.34. The summed E-state index contributed by atoms with van der Waals surface area (Å²) in [5.74, 6) is 0.352. The summed E-state index contributed by atoms with van der Waals surface area (Å²) in [4.78, 5) is 12.5. The summed E-state index contributed by atoms with van der Waals surface area (Å²) in [6, 6.07) is 11.3. The number of nitro groups is 1. The number of nitro benzene ring substituents is 1. The third-order valence-corrected chi connectivity index (χ3v) is 4.84. The summed E-state index contributed by atoms with van der Waals surface area (Å²) in [5, 5.41) is 11.2. The minimum atomic E-state index is -0.440. The molecule has 1 aliphatic heterocycles. The number of nitrogens with zero attached hydrogens (tertiary/aromatic N) is 2. The van der Waals surface area contributed by atoms with Crippen LogP contribution in [0, 0.1) is 21.8 Å². The van der Waals surface area contributed by atoms with Gasteiger partial charge in [0.05, 0.1) is 15.6 Å². The van der Waals surface area contributed by atoms with Crippen LogP contribution in [0.4, 0.5) is 15.8 Å². The van der Waals surface area contributed by atoms with Crippen LogP contribution >= 0.6 is 11.6 Å². The molecule has 0 atom stereocenters. The van der Waals surface area contributed by atoms with E-state index in [4.69, 9.17) is 11.6 Å². The number of halogens is 2. The normalized spacial score (nSPS) is 15.5. The quantitative estimate of drug-likeness (QED) is 0.586. The van der Waals surface area contributed by atoms with Crippen LogP contribution in [0.15, 0.2) is 42.5 Å². The van der Waals surface area contributed by atoms with Crippen LogP contribution in [0.3, 0.4) is 0 Å².